The van der Waals surface area contributed by atoms with E-state index in [4.69, 9.17) is 0 Å². The van der Waals surface area contributed by atoms with Crippen molar-refractivity contribution >= 4 is 46.3 Å². The van der Waals surface area contributed by atoms with E-state index < -0.39 is 29.8 Å². The number of hydrogen-bond acceptors (Lipinski definition) is 8. The smallest absolute Gasteiger partial charge is 0.360 e. The summed E-state index contributed by atoms with van der Waals surface area (Å²) in [4.78, 5) is 43.9. The predicted octanol–water partition coefficient (Wildman–Crippen LogP) is 0.731. The number of amides is 2. The maximum atomic E-state index is 12.9. The monoisotopic (exact) mass is 579 g/mol. The lowest BCUT2D eigenvalue weighted by molar-refractivity contribution is -0.135. The highest BCUT2D eigenvalue weighted by molar-refractivity contribution is 7.07. The van der Waals surface area contributed by atoms with E-state index >= 15 is 0 Å². The van der Waals surface area contributed by atoms with E-state index in [0.29, 0.717) is 17.4 Å². The molecule has 1 aromatic carbocycles. The summed E-state index contributed by atoms with van der Waals surface area (Å²) in [5.41, 5.74) is 0.131. The van der Waals surface area contributed by atoms with Crippen molar-refractivity contribution in [2.75, 3.05) is 57.5 Å². The molecule has 2 heterocycles. The highest BCUT2D eigenvalue weighted by Gasteiger charge is 2.29. The number of likely N-dealkylation sites (tertiary alicyclic amines) is 1. The number of anilines is 2. The van der Waals surface area contributed by atoms with Crippen LogP contribution < -0.4 is 30.3 Å². The second kappa shape index (κ2) is 13.1. The van der Waals surface area contributed by atoms with E-state index in [2.05, 4.69) is 22.2 Å². The molecule has 1 aromatic heterocycles. The van der Waals surface area contributed by atoms with Gasteiger partial charge in [-0.25, -0.2) is 0 Å². The third kappa shape index (κ3) is 7.71. The number of nitriles is 1. The molecule has 0 bridgehead atoms. The Morgan fingerprint density at radius 2 is 2.02 bits per heavy atom. The Morgan fingerprint density at radius 3 is 2.62 bits per heavy atom. The van der Waals surface area contributed by atoms with Crippen LogP contribution in [0.1, 0.15) is 13.3 Å². The average Bonchev–Trinajstić information content (AvgIpc) is 3.48. The Balaban J connectivity index is 1.81. The van der Waals surface area contributed by atoms with Crippen LogP contribution in [-0.4, -0.2) is 85.7 Å². The Labute approximate surface area is 233 Å². The van der Waals surface area contributed by atoms with Crippen molar-refractivity contribution in [3.63, 3.8) is 0 Å². The molecule has 1 aliphatic heterocycles. The van der Waals surface area contributed by atoms with Gasteiger partial charge in [-0.15, -0.1) is 11.3 Å². The molecule has 1 aliphatic rings. The molecule has 0 radical (unpaired) electrons. The highest BCUT2D eigenvalue weighted by Crippen LogP contribution is 2.20. The molecule has 2 aromatic rings. The lowest BCUT2D eigenvalue weighted by Crippen LogP contribution is -2.42. The number of benzene rings is 1. The van der Waals surface area contributed by atoms with Gasteiger partial charge < -0.3 is 20.4 Å². The van der Waals surface area contributed by atoms with Gasteiger partial charge in [0.25, 0.3) is 11.5 Å². The summed E-state index contributed by atoms with van der Waals surface area (Å²) in [6.07, 6.45) is -2.24. The average molecular weight is 580 g/mol. The molecule has 0 saturated carbocycles. The lowest BCUT2D eigenvalue weighted by atomic mass is 10.2. The predicted molar refractivity (Wildman–Crippen MR) is 148 cm³/mol. The number of alkyl halides is 3. The van der Waals surface area contributed by atoms with Crippen molar-refractivity contribution < 1.29 is 22.8 Å². The van der Waals surface area contributed by atoms with Crippen LogP contribution in [0.5, 0.6) is 0 Å². The van der Waals surface area contributed by atoms with Gasteiger partial charge in [0.15, 0.2) is 5.57 Å². The summed E-state index contributed by atoms with van der Waals surface area (Å²) in [5, 5.41) is 14.1. The van der Waals surface area contributed by atoms with E-state index in [1.165, 1.54) is 6.20 Å². The summed E-state index contributed by atoms with van der Waals surface area (Å²) >= 11 is 0.816. The maximum absolute atomic E-state index is 12.9. The van der Waals surface area contributed by atoms with Crippen LogP contribution in [0, 0.1) is 11.3 Å². The number of halogens is 3. The number of nitrogens with one attached hydrogen (secondary N) is 2. The second-order valence-corrected chi connectivity index (χ2v) is 10.5. The zero-order chi connectivity index (χ0) is 29.6. The van der Waals surface area contributed by atoms with Crippen LogP contribution in [0.3, 0.4) is 0 Å². The molecular weight excluding hydrogens is 547 g/mol. The van der Waals surface area contributed by atoms with E-state index in [-0.39, 0.29) is 28.2 Å². The van der Waals surface area contributed by atoms with Crippen molar-refractivity contribution in [3.05, 3.63) is 43.8 Å². The second-order valence-electron chi connectivity index (χ2n) is 9.52. The Bertz CT molecular complexity index is 1460. The number of carbonyl (C=O) groups is 2. The molecule has 1 atom stereocenters. The van der Waals surface area contributed by atoms with E-state index in [1.807, 2.05) is 7.05 Å². The van der Waals surface area contributed by atoms with Crippen LogP contribution in [0.2, 0.25) is 0 Å². The molecule has 1 fully saturated rings. The van der Waals surface area contributed by atoms with Crippen LogP contribution in [0.4, 0.5) is 24.5 Å². The van der Waals surface area contributed by atoms with Crippen molar-refractivity contribution in [2.45, 2.75) is 32.1 Å². The zero-order valence-electron chi connectivity index (χ0n) is 22.7. The molecule has 2 amide bonds. The summed E-state index contributed by atoms with van der Waals surface area (Å²) in [6.45, 7) is 2.31. The van der Waals surface area contributed by atoms with Gasteiger partial charge in [-0.1, -0.05) is 6.07 Å². The molecule has 0 aliphatic carbocycles. The number of aromatic nitrogens is 1. The minimum Gasteiger partial charge on any atom is -0.360 e. The summed E-state index contributed by atoms with van der Waals surface area (Å²) < 4.78 is 38.8. The van der Waals surface area contributed by atoms with E-state index in [0.717, 1.165) is 35.4 Å². The normalized spacial score (nSPS) is 17.1. The quantitative estimate of drug-likeness (QED) is 0.451. The fourth-order valence-electron chi connectivity index (χ4n) is 4.27. The molecule has 3 rings (SSSR count). The number of thiazole rings is 1. The Hall–Kier alpha value is -3.67. The standard InChI is InChI=1S/C26H32F3N7O3S/c1-5-36-24(39)21(40-25(36)20(12-30)23(38)32-16-26(27,28)29)13-31-17-7-6-8-18(11-17)35(4)22(37)15-34(3)19-9-10-33(2)14-19/h6-8,11,13,19,31H,5,9-10,14-16H2,1-4H3,(H,32,38)/b21-13+,25-20-. The van der Waals surface area contributed by atoms with Crippen molar-refractivity contribution in [3.8, 4) is 6.07 Å². The van der Waals surface area contributed by atoms with E-state index in [1.54, 1.807) is 54.5 Å². The van der Waals surface area contributed by atoms with Gasteiger partial charge in [-0.05, 0) is 52.2 Å². The fraction of sp³-hybridized carbons (Fsp3) is 0.462. The number of carbonyl (C=O) groups excluding carboxylic acids is 2. The van der Waals surface area contributed by atoms with E-state index in [9.17, 15) is 32.8 Å². The number of likely N-dealkylation sites (N-methyl/N-ethyl adjacent to an activating group) is 3. The van der Waals surface area contributed by atoms with Gasteiger partial charge in [-0.3, -0.25) is 23.9 Å². The van der Waals surface area contributed by atoms with Gasteiger partial charge >= 0.3 is 6.18 Å². The van der Waals surface area contributed by atoms with Crippen LogP contribution in [0.25, 0.3) is 11.8 Å². The minimum absolute atomic E-state index is 0.0422. The lowest BCUT2D eigenvalue weighted by Gasteiger charge is -2.26. The zero-order valence-corrected chi connectivity index (χ0v) is 23.5. The first kappa shape index (κ1) is 30.9. The highest BCUT2D eigenvalue weighted by atomic mass is 32.1. The van der Waals surface area contributed by atoms with Crippen LogP contribution >= 0.6 is 11.3 Å². The first-order valence-electron chi connectivity index (χ1n) is 12.6. The maximum Gasteiger partial charge on any atom is 0.405 e. The SMILES string of the molecule is CCn1c(=O)/c(=C\Nc2cccc(N(C)C(=O)CN(C)C3CCN(C)C3)c2)s/c1=C(/C#N)C(=O)NCC(F)(F)F. The minimum atomic E-state index is -4.64. The Morgan fingerprint density at radius 1 is 1.30 bits per heavy atom. The number of hydrogen-bond donors (Lipinski definition) is 2. The molecule has 216 valence electrons. The third-order valence-electron chi connectivity index (χ3n) is 6.58. The van der Waals surface area contributed by atoms with Crippen molar-refractivity contribution in [2.24, 2.45) is 0 Å². The first-order valence-corrected chi connectivity index (χ1v) is 13.4. The molecule has 14 heteroatoms. The Kier molecular flexibility index (Phi) is 10.1. The van der Waals surface area contributed by atoms with Gasteiger partial charge in [0, 0.05) is 43.8 Å². The molecule has 1 unspecified atom stereocenters. The molecule has 10 nitrogen and oxygen atoms in total. The molecule has 0 spiro atoms. The third-order valence-corrected chi connectivity index (χ3v) is 7.71. The van der Waals surface area contributed by atoms with Crippen molar-refractivity contribution in [1.29, 1.82) is 5.26 Å². The molecule has 1 saturated heterocycles. The van der Waals surface area contributed by atoms with Gasteiger partial charge in [0.05, 0.1) is 6.54 Å². The molecule has 40 heavy (non-hydrogen) atoms. The van der Waals surface area contributed by atoms with Gasteiger partial charge in [-0.2, -0.15) is 18.4 Å². The summed E-state index contributed by atoms with van der Waals surface area (Å²) in [7, 11) is 5.69. The molecule has 2 N–H and O–H groups in total. The topological polar surface area (TPSA) is 114 Å². The van der Waals surface area contributed by atoms with Crippen LogP contribution in [0.15, 0.2) is 29.1 Å². The van der Waals surface area contributed by atoms with Gasteiger partial charge in [0.1, 0.15) is 21.8 Å². The molecular formula is C26H32F3N7O3S. The first-order chi connectivity index (χ1) is 18.8. The van der Waals surface area contributed by atoms with Gasteiger partial charge in [0.2, 0.25) is 5.91 Å². The summed E-state index contributed by atoms with van der Waals surface area (Å²) in [6, 6.07) is 8.95. The van der Waals surface area contributed by atoms with Crippen molar-refractivity contribution in [1.82, 2.24) is 19.7 Å². The number of rotatable bonds is 9. The number of nitrogens with zero attached hydrogens (tertiary/aromatic N) is 5. The summed E-state index contributed by atoms with van der Waals surface area (Å²) in [5.74, 6) is -1.29. The fourth-order valence-corrected chi connectivity index (χ4v) is 5.36. The largest absolute Gasteiger partial charge is 0.405 e. The van der Waals surface area contributed by atoms with Crippen LogP contribution in [-0.2, 0) is 16.1 Å².